The molecule has 0 amide bonds. The van der Waals surface area contributed by atoms with Crippen molar-refractivity contribution in [2.24, 2.45) is 0 Å². The molecule has 0 fully saturated rings. The van der Waals surface area contributed by atoms with Crippen molar-refractivity contribution in [3.05, 3.63) is 48.0 Å². The molecule has 2 nitrogen and oxygen atoms in total. The first-order chi connectivity index (χ1) is 9.65. The van der Waals surface area contributed by atoms with Gasteiger partial charge < -0.3 is 9.47 Å². The van der Waals surface area contributed by atoms with Crippen molar-refractivity contribution in [1.29, 1.82) is 0 Å². The van der Waals surface area contributed by atoms with Crippen LogP contribution in [0.2, 0.25) is 0 Å². The first-order valence-electron chi connectivity index (χ1n) is 6.64. The zero-order valence-electron chi connectivity index (χ0n) is 12.3. The lowest BCUT2D eigenvalue weighted by Gasteiger charge is -2.14. The molecule has 0 bridgehead atoms. The summed E-state index contributed by atoms with van der Waals surface area (Å²) < 4.78 is 10.8. The summed E-state index contributed by atoms with van der Waals surface area (Å²) in [5, 5.41) is 0. The summed E-state index contributed by atoms with van der Waals surface area (Å²) in [6, 6.07) is 14.4. The average Bonchev–Trinajstić information content (AvgIpc) is 2.47. The van der Waals surface area contributed by atoms with E-state index in [1.165, 1.54) is 10.5 Å². The topological polar surface area (TPSA) is 18.5 Å². The van der Waals surface area contributed by atoms with Gasteiger partial charge in [0.15, 0.2) is 0 Å². The van der Waals surface area contributed by atoms with E-state index in [2.05, 4.69) is 32.0 Å². The summed E-state index contributed by atoms with van der Waals surface area (Å²) in [7, 11) is 3.42. The molecule has 2 rings (SSSR count). The highest BCUT2D eigenvalue weighted by Gasteiger charge is 2.10. The number of benzene rings is 2. The van der Waals surface area contributed by atoms with Crippen LogP contribution in [0.5, 0.6) is 11.5 Å². The second-order valence-electron chi connectivity index (χ2n) is 4.81. The van der Waals surface area contributed by atoms with Crippen molar-refractivity contribution >= 4 is 11.8 Å². The maximum atomic E-state index is 5.42. The van der Waals surface area contributed by atoms with Gasteiger partial charge in [0.1, 0.15) is 11.5 Å². The molecule has 0 saturated heterocycles. The van der Waals surface area contributed by atoms with E-state index < -0.39 is 0 Å². The van der Waals surface area contributed by atoms with Crippen molar-refractivity contribution in [2.75, 3.05) is 14.2 Å². The molecule has 0 aliphatic heterocycles. The zero-order chi connectivity index (χ0) is 14.5. The Hall–Kier alpha value is -1.61. The van der Waals surface area contributed by atoms with Crippen LogP contribution in [0.3, 0.4) is 0 Å². The number of hydrogen-bond donors (Lipinski definition) is 0. The van der Waals surface area contributed by atoms with Gasteiger partial charge in [0, 0.05) is 4.90 Å². The van der Waals surface area contributed by atoms with E-state index in [4.69, 9.17) is 9.47 Å². The molecule has 0 heterocycles. The minimum atomic E-state index is 0.433. The van der Waals surface area contributed by atoms with Crippen molar-refractivity contribution in [3.8, 4) is 11.5 Å². The Balaban J connectivity index is 2.32. The van der Waals surface area contributed by atoms with Crippen LogP contribution in [0.1, 0.15) is 25.3 Å². The van der Waals surface area contributed by atoms with Crippen LogP contribution in [0.4, 0.5) is 0 Å². The van der Waals surface area contributed by atoms with Crippen LogP contribution in [-0.4, -0.2) is 14.2 Å². The van der Waals surface area contributed by atoms with Gasteiger partial charge in [0.2, 0.25) is 0 Å². The van der Waals surface area contributed by atoms with Crippen LogP contribution in [0.15, 0.2) is 52.3 Å². The standard InChI is InChI=1S/C17H20O2S/c1-12(2)14-11-13(9-10-15(14)18-3)20-17-8-6-5-7-16(17)19-4/h5-12H,1-4H3. The summed E-state index contributed by atoms with van der Waals surface area (Å²) >= 11 is 1.71. The Morgan fingerprint density at radius 2 is 1.60 bits per heavy atom. The molecule has 3 heteroatoms. The molecule has 106 valence electrons. The predicted molar refractivity (Wildman–Crippen MR) is 84.2 cm³/mol. The highest BCUT2D eigenvalue weighted by atomic mass is 32.2. The highest BCUT2D eigenvalue weighted by molar-refractivity contribution is 7.99. The molecule has 0 aromatic heterocycles. The quantitative estimate of drug-likeness (QED) is 0.773. The molecule has 0 aliphatic carbocycles. The van der Waals surface area contributed by atoms with Gasteiger partial charge in [-0.25, -0.2) is 0 Å². The maximum absolute atomic E-state index is 5.42. The van der Waals surface area contributed by atoms with E-state index in [9.17, 15) is 0 Å². The molecule has 0 atom stereocenters. The summed E-state index contributed by atoms with van der Waals surface area (Å²) in [4.78, 5) is 2.31. The fourth-order valence-corrected chi connectivity index (χ4v) is 3.03. The van der Waals surface area contributed by atoms with Crippen molar-refractivity contribution in [2.45, 2.75) is 29.6 Å². The van der Waals surface area contributed by atoms with Crippen molar-refractivity contribution in [1.82, 2.24) is 0 Å². The second kappa shape index (κ2) is 6.71. The first kappa shape index (κ1) is 14.8. The summed E-state index contributed by atoms with van der Waals surface area (Å²) in [6.45, 7) is 4.35. The molecule has 2 aromatic carbocycles. The molecule has 0 N–H and O–H groups in total. The number of ether oxygens (including phenoxy) is 2. The Morgan fingerprint density at radius 1 is 0.900 bits per heavy atom. The molecular formula is C17H20O2S. The highest BCUT2D eigenvalue weighted by Crippen LogP contribution is 2.37. The molecule has 0 spiro atoms. The first-order valence-corrected chi connectivity index (χ1v) is 7.46. The minimum absolute atomic E-state index is 0.433. The molecule has 0 radical (unpaired) electrons. The lowest BCUT2D eigenvalue weighted by Crippen LogP contribution is -1.94. The van der Waals surface area contributed by atoms with E-state index in [0.717, 1.165) is 16.4 Å². The Labute approximate surface area is 125 Å². The van der Waals surface area contributed by atoms with E-state index in [1.807, 2.05) is 24.3 Å². The normalized spacial score (nSPS) is 10.7. The molecule has 0 saturated carbocycles. The van der Waals surface area contributed by atoms with Crippen LogP contribution < -0.4 is 9.47 Å². The zero-order valence-corrected chi connectivity index (χ0v) is 13.2. The predicted octanol–water partition coefficient (Wildman–Crippen LogP) is 4.98. The molecule has 0 aliphatic rings. The van der Waals surface area contributed by atoms with E-state index >= 15 is 0 Å². The minimum Gasteiger partial charge on any atom is -0.496 e. The third-order valence-electron chi connectivity index (χ3n) is 3.12. The summed E-state index contributed by atoms with van der Waals surface area (Å²) in [6.07, 6.45) is 0. The van der Waals surface area contributed by atoms with Crippen LogP contribution in [-0.2, 0) is 0 Å². The van der Waals surface area contributed by atoms with Gasteiger partial charge >= 0.3 is 0 Å². The average molecular weight is 288 g/mol. The third kappa shape index (κ3) is 3.28. The van der Waals surface area contributed by atoms with Crippen molar-refractivity contribution < 1.29 is 9.47 Å². The monoisotopic (exact) mass is 288 g/mol. The number of methoxy groups -OCH3 is 2. The fraction of sp³-hybridized carbons (Fsp3) is 0.294. The van der Waals surface area contributed by atoms with Gasteiger partial charge in [-0.05, 0) is 41.8 Å². The summed E-state index contributed by atoms with van der Waals surface area (Å²) in [5.74, 6) is 2.28. The van der Waals surface area contributed by atoms with Gasteiger partial charge in [-0.1, -0.05) is 37.7 Å². The Bertz CT molecular complexity index is 579. The maximum Gasteiger partial charge on any atom is 0.132 e. The Kier molecular flexibility index (Phi) is 4.96. The molecular weight excluding hydrogens is 268 g/mol. The van der Waals surface area contributed by atoms with E-state index in [-0.39, 0.29) is 0 Å². The summed E-state index contributed by atoms with van der Waals surface area (Å²) in [5.41, 5.74) is 1.23. The molecule has 0 unspecified atom stereocenters. The number of para-hydroxylation sites is 1. The van der Waals surface area contributed by atoms with E-state index in [1.54, 1.807) is 26.0 Å². The van der Waals surface area contributed by atoms with Crippen LogP contribution >= 0.6 is 11.8 Å². The molecule has 20 heavy (non-hydrogen) atoms. The smallest absolute Gasteiger partial charge is 0.132 e. The van der Waals surface area contributed by atoms with Crippen LogP contribution in [0, 0.1) is 0 Å². The number of rotatable bonds is 5. The van der Waals surface area contributed by atoms with E-state index in [0.29, 0.717) is 5.92 Å². The lowest BCUT2D eigenvalue weighted by atomic mass is 10.0. The fourth-order valence-electron chi connectivity index (χ4n) is 2.06. The van der Waals surface area contributed by atoms with Gasteiger partial charge in [0.05, 0.1) is 19.1 Å². The largest absolute Gasteiger partial charge is 0.496 e. The van der Waals surface area contributed by atoms with Gasteiger partial charge in [-0.15, -0.1) is 0 Å². The number of hydrogen-bond acceptors (Lipinski definition) is 3. The Morgan fingerprint density at radius 3 is 2.25 bits per heavy atom. The van der Waals surface area contributed by atoms with Gasteiger partial charge in [-0.3, -0.25) is 0 Å². The van der Waals surface area contributed by atoms with Gasteiger partial charge in [0.25, 0.3) is 0 Å². The molecule has 2 aromatic rings. The third-order valence-corrected chi connectivity index (χ3v) is 4.17. The van der Waals surface area contributed by atoms with Crippen LogP contribution in [0.25, 0.3) is 0 Å². The second-order valence-corrected chi connectivity index (χ2v) is 5.93. The van der Waals surface area contributed by atoms with Gasteiger partial charge in [-0.2, -0.15) is 0 Å². The van der Waals surface area contributed by atoms with Crippen molar-refractivity contribution in [3.63, 3.8) is 0 Å². The lowest BCUT2D eigenvalue weighted by molar-refractivity contribution is 0.405. The SMILES string of the molecule is COc1ccccc1Sc1ccc(OC)c(C(C)C)c1.